The molecule has 2 aromatic heterocycles. The summed E-state index contributed by atoms with van der Waals surface area (Å²) < 4.78 is 7.48. The van der Waals surface area contributed by atoms with Gasteiger partial charge in [-0.25, -0.2) is 0 Å². The summed E-state index contributed by atoms with van der Waals surface area (Å²) in [5.74, 6) is 1.50. The van der Waals surface area contributed by atoms with Gasteiger partial charge in [0.25, 0.3) is 0 Å². The van der Waals surface area contributed by atoms with E-state index in [1.54, 1.807) is 4.52 Å². The standard InChI is InChI=1S/C17H14N4OS/c1-12-7-9-13(10-8-12)16-20-21-15(18-19-17(21)23-16)11-22-14-5-3-2-4-6-14/h2-10H,11H2,1H3. The van der Waals surface area contributed by atoms with Crippen LogP contribution >= 0.6 is 11.3 Å². The molecule has 23 heavy (non-hydrogen) atoms. The Morgan fingerprint density at radius 3 is 2.57 bits per heavy atom. The molecule has 4 rings (SSSR count). The molecular weight excluding hydrogens is 308 g/mol. The molecule has 6 heteroatoms. The van der Waals surface area contributed by atoms with Gasteiger partial charge in [-0.2, -0.15) is 9.61 Å². The Morgan fingerprint density at radius 2 is 1.78 bits per heavy atom. The van der Waals surface area contributed by atoms with E-state index >= 15 is 0 Å². The number of aryl methyl sites for hydroxylation is 1. The lowest BCUT2D eigenvalue weighted by molar-refractivity contribution is 0.293. The Labute approximate surface area is 137 Å². The molecule has 0 saturated carbocycles. The second kappa shape index (κ2) is 5.81. The SMILES string of the molecule is Cc1ccc(-c2nn3c(COc4ccccc4)nnc3s2)cc1. The molecule has 0 aliphatic carbocycles. The molecule has 0 N–H and O–H groups in total. The first-order valence-electron chi connectivity index (χ1n) is 7.25. The normalized spacial score (nSPS) is 11.0. The van der Waals surface area contributed by atoms with Crippen molar-refractivity contribution in [3.63, 3.8) is 0 Å². The van der Waals surface area contributed by atoms with Crippen LogP contribution in [0.5, 0.6) is 5.75 Å². The van der Waals surface area contributed by atoms with E-state index in [9.17, 15) is 0 Å². The molecule has 2 aromatic carbocycles. The van der Waals surface area contributed by atoms with Gasteiger partial charge in [-0.05, 0) is 19.1 Å². The van der Waals surface area contributed by atoms with E-state index < -0.39 is 0 Å². The summed E-state index contributed by atoms with van der Waals surface area (Å²) in [4.78, 5) is 0.771. The fraction of sp³-hybridized carbons (Fsp3) is 0.118. The molecule has 0 bridgehead atoms. The minimum atomic E-state index is 0.336. The lowest BCUT2D eigenvalue weighted by Gasteiger charge is -2.02. The number of benzene rings is 2. The fourth-order valence-electron chi connectivity index (χ4n) is 2.22. The lowest BCUT2D eigenvalue weighted by atomic mass is 10.2. The topological polar surface area (TPSA) is 52.3 Å². The van der Waals surface area contributed by atoms with Crippen molar-refractivity contribution in [1.82, 2.24) is 19.8 Å². The molecule has 0 fully saturated rings. The Hall–Kier alpha value is -2.73. The van der Waals surface area contributed by atoms with E-state index in [4.69, 9.17) is 4.74 Å². The minimum absolute atomic E-state index is 0.336. The predicted molar refractivity (Wildman–Crippen MR) is 89.6 cm³/mol. The van der Waals surface area contributed by atoms with E-state index in [0.29, 0.717) is 12.4 Å². The van der Waals surface area contributed by atoms with Crippen LogP contribution < -0.4 is 4.74 Å². The van der Waals surface area contributed by atoms with E-state index in [0.717, 1.165) is 21.3 Å². The smallest absolute Gasteiger partial charge is 0.235 e. The van der Waals surface area contributed by atoms with Crippen LogP contribution in [0.15, 0.2) is 54.6 Å². The molecule has 0 amide bonds. The van der Waals surface area contributed by atoms with Crippen LogP contribution in [-0.2, 0) is 6.61 Å². The molecule has 0 radical (unpaired) electrons. The molecule has 2 heterocycles. The molecule has 114 valence electrons. The second-order valence-electron chi connectivity index (χ2n) is 5.19. The van der Waals surface area contributed by atoms with E-state index in [1.165, 1.54) is 16.9 Å². The monoisotopic (exact) mass is 322 g/mol. The molecule has 5 nitrogen and oxygen atoms in total. The summed E-state index contributed by atoms with van der Waals surface area (Å²) in [7, 11) is 0. The van der Waals surface area contributed by atoms with Gasteiger partial charge in [-0.15, -0.1) is 10.2 Å². The Bertz CT molecular complexity index is 928. The van der Waals surface area contributed by atoms with Crippen LogP contribution in [0.1, 0.15) is 11.4 Å². The number of fused-ring (bicyclic) bond motifs is 1. The summed E-state index contributed by atoms with van der Waals surface area (Å²) >= 11 is 1.52. The second-order valence-corrected chi connectivity index (χ2v) is 6.14. The summed E-state index contributed by atoms with van der Waals surface area (Å²) in [6, 6.07) is 18.0. The zero-order valence-electron chi connectivity index (χ0n) is 12.5. The summed E-state index contributed by atoms with van der Waals surface area (Å²) in [6.45, 7) is 2.41. The Balaban J connectivity index is 1.60. The molecule has 0 spiro atoms. The number of para-hydroxylation sites is 1. The van der Waals surface area contributed by atoms with Crippen LogP contribution in [0.3, 0.4) is 0 Å². The van der Waals surface area contributed by atoms with Crippen molar-refractivity contribution in [2.24, 2.45) is 0 Å². The van der Waals surface area contributed by atoms with Gasteiger partial charge >= 0.3 is 0 Å². The van der Waals surface area contributed by atoms with Crippen molar-refractivity contribution in [3.05, 3.63) is 66.0 Å². The summed E-state index contributed by atoms with van der Waals surface area (Å²) in [5, 5.41) is 13.9. The number of hydrogen-bond acceptors (Lipinski definition) is 5. The Kier molecular flexibility index (Phi) is 3.51. The molecule has 0 aliphatic rings. The highest BCUT2D eigenvalue weighted by Gasteiger charge is 2.13. The van der Waals surface area contributed by atoms with Gasteiger partial charge < -0.3 is 4.74 Å². The maximum absolute atomic E-state index is 5.73. The first-order chi connectivity index (χ1) is 11.3. The molecular formula is C17H14N4OS. The average molecular weight is 322 g/mol. The molecule has 0 saturated heterocycles. The third kappa shape index (κ3) is 2.80. The zero-order chi connectivity index (χ0) is 15.6. The largest absolute Gasteiger partial charge is 0.486 e. The van der Waals surface area contributed by atoms with Crippen LogP contribution in [0.2, 0.25) is 0 Å². The summed E-state index contributed by atoms with van der Waals surface area (Å²) in [6.07, 6.45) is 0. The minimum Gasteiger partial charge on any atom is -0.486 e. The number of nitrogens with zero attached hydrogens (tertiary/aromatic N) is 4. The molecule has 4 aromatic rings. The van der Waals surface area contributed by atoms with Crippen LogP contribution in [-0.4, -0.2) is 19.8 Å². The van der Waals surface area contributed by atoms with Gasteiger partial charge in [-0.1, -0.05) is 59.4 Å². The van der Waals surface area contributed by atoms with Gasteiger partial charge in [-0.3, -0.25) is 0 Å². The fourth-order valence-corrected chi connectivity index (χ4v) is 3.09. The molecule has 0 unspecified atom stereocenters. The highest BCUT2D eigenvalue weighted by molar-refractivity contribution is 7.19. The highest BCUT2D eigenvalue weighted by Crippen LogP contribution is 2.25. The molecule has 0 aliphatic heterocycles. The van der Waals surface area contributed by atoms with Gasteiger partial charge in [0.1, 0.15) is 17.4 Å². The van der Waals surface area contributed by atoms with E-state index in [2.05, 4.69) is 46.5 Å². The van der Waals surface area contributed by atoms with Crippen molar-refractivity contribution >= 4 is 16.3 Å². The third-order valence-corrected chi connectivity index (χ3v) is 4.41. The maximum atomic E-state index is 5.73. The van der Waals surface area contributed by atoms with Crippen molar-refractivity contribution in [2.45, 2.75) is 13.5 Å². The predicted octanol–water partition coefficient (Wildman–Crippen LogP) is 3.74. The van der Waals surface area contributed by atoms with Crippen molar-refractivity contribution < 1.29 is 4.74 Å². The summed E-state index contributed by atoms with van der Waals surface area (Å²) in [5.41, 5.74) is 2.31. The van der Waals surface area contributed by atoms with Gasteiger partial charge in [0.05, 0.1) is 0 Å². The first-order valence-corrected chi connectivity index (χ1v) is 8.07. The number of ether oxygens (including phenoxy) is 1. The first kappa shape index (κ1) is 13.9. The highest BCUT2D eigenvalue weighted by atomic mass is 32.1. The van der Waals surface area contributed by atoms with E-state index in [-0.39, 0.29) is 0 Å². The number of hydrogen-bond donors (Lipinski definition) is 0. The average Bonchev–Trinajstić information content (AvgIpc) is 3.15. The number of rotatable bonds is 4. The third-order valence-electron chi connectivity index (χ3n) is 3.47. The van der Waals surface area contributed by atoms with Crippen molar-refractivity contribution in [2.75, 3.05) is 0 Å². The van der Waals surface area contributed by atoms with Crippen LogP contribution in [0.4, 0.5) is 0 Å². The Morgan fingerprint density at radius 1 is 1.00 bits per heavy atom. The van der Waals surface area contributed by atoms with Crippen molar-refractivity contribution in [1.29, 1.82) is 0 Å². The zero-order valence-corrected chi connectivity index (χ0v) is 13.3. The van der Waals surface area contributed by atoms with Crippen LogP contribution in [0.25, 0.3) is 15.5 Å². The van der Waals surface area contributed by atoms with Gasteiger partial charge in [0.15, 0.2) is 5.82 Å². The van der Waals surface area contributed by atoms with Gasteiger partial charge in [0.2, 0.25) is 4.96 Å². The quantitative estimate of drug-likeness (QED) is 0.574. The van der Waals surface area contributed by atoms with Crippen molar-refractivity contribution in [3.8, 4) is 16.3 Å². The van der Waals surface area contributed by atoms with Crippen LogP contribution in [0, 0.1) is 6.92 Å². The maximum Gasteiger partial charge on any atom is 0.235 e. The molecule has 0 atom stereocenters. The van der Waals surface area contributed by atoms with Gasteiger partial charge in [0, 0.05) is 5.56 Å². The van der Waals surface area contributed by atoms with E-state index in [1.807, 2.05) is 30.3 Å². The lowest BCUT2D eigenvalue weighted by Crippen LogP contribution is -2.02. The number of aromatic nitrogens is 4.